The van der Waals surface area contributed by atoms with Gasteiger partial charge >= 0.3 is 6.01 Å². The van der Waals surface area contributed by atoms with E-state index in [0.717, 1.165) is 82.4 Å². The van der Waals surface area contributed by atoms with Gasteiger partial charge in [-0.15, -0.1) is 0 Å². The van der Waals surface area contributed by atoms with Crippen molar-refractivity contribution in [3.63, 3.8) is 0 Å². The SMILES string of the molecule is C=CC(=O)N1CCN(c2nc(OC[C@@H]3CCCN3CCCNC(=O)c3cccc(I)c3)nc3c2CCN(c2cccc4cccc(Cl)c24)C3)C[C@@H]1CC#N. The molecule has 280 valence electrons. The van der Waals surface area contributed by atoms with Crippen LogP contribution in [0, 0.1) is 14.9 Å². The minimum absolute atomic E-state index is 0.0510. The lowest BCUT2D eigenvalue weighted by Gasteiger charge is -2.42. The van der Waals surface area contributed by atoms with Gasteiger partial charge in [0.2, 0.25) is 5.91 Å². The largest absolute Gasteiger partial charge is 0.462 e. The van der Waals surface area contributed by atoms with Crippen LogP contribution in [0.3, 0.4) is 0 Å². The number of benzene rings is 3. The summed E-state index contributed by atoms with van der Waals surface area (Å²) in [7, 11) is 0. The van der Waals surface area contributed by atoms with Gasteiger partial charge in [0, 0.05) is 71.1 Å². The molecule has 11 nitrogen and oxygen atoms in total. The van der Waals surface area contributed by atoms with E-state index >= 15 is 0 Å². The molecule has 2 saturated heterocycles. The molecule has 1 N–H and O–H groups in total. The lowest BCUT2D eigenvalue weighted by molar-refractivity contribution is -0.128. The van der Waals surface area contributed by atoms with Gasteiger partial charge in [0.1, 0.15) is 12.4 Å². The minimum Gasteiger partial charge on any atom is -0.462 e. The van der Waals surface area contributed by atoms with Gasteiger partial charge in [-0.1, -0.05) is 48.5 Å². The van der Waals surface area contributed by atoms with Gasteiger partial charge in [-0.25, -0.2) is 0 Å². The van der Waals surface area contributed by atoms with E-state index in [1.807, 2.05) is 36.4 Å². The van der Waals surface area contributed by atoms with Crippen LogP contribution < -0.4 is 19.9 Å². The third-order valence-corrected chi connectivity index (χ3v) is 11.6. The highest BCUT2D eigenvalue weighted by Crippen LogP contribution is 2.37. The number of ether oxygens (including phenoxy) is 1. The molecule has 0 radical (unpaired) electrons. The molecule has 3 aliphatic rings. The van der Waals surface area contributed by atoms with Gasteiger partial charge in [-0.3, -0.25) is 14.5 Å². The maximum atomic E-state index is 12.7. The number of amides is 2. The zero-order valence-corrected chi connectivity index (χ0v) is 33.1. The van der Waals surface area contributed by atoms with E-state index in [9.17, 15) is 14.9 Å². The molecular weight excluding hydrogens is 815 g/mol. The van der Waals surface area contributed by atoms with E-state index in [4.69, 9.17) is 26.3 Å². The smallest absolute Gasteiger partial charge is 0.318 e. The zero-order chi connectivity index (χ0) is 37.6. The molecule has 0 bridgehead atoms. The average Bonchev–Trinajstić information content (AvgIpc) is 3.65. The predicted molar refractivity (Wildman–Crippen MR) is 220 cm³/mol. The van der Waals surface area contributed by atoms with E-state index in [2.05, 4.69) is 79.5 Å². The number of halogens is 2. The van der Waals surface area contributed by atoms with Gasteiger partial charge in [-0.2, -0.15) is 15.2 Å². The van der Waals surface area contributed by atoms with Crippen LogP contribution in [0.2, 0.25) is 5.02 Å². The fraction of sp³-hybridized carbons (Fsp3) is 0.390. The third-order valence-electron chi connectivity index (χ3n) is 10.7. The molecule has 3 aromatic carbocycles. The molecule has 54 heavy (non-hydrogen) atoms. The molecule has 2 fully saturated rings. The quantitative estimate of drug-likeness (QED) is 0.101. The van der Waals surface area contributed by atoms with Crippen molar-refractivity contribution in [3.05, 3.63) is 98.7 Å². The molecule has 4 heterocycles. The molecule has 1 aromatic heterocycles. The standard InChI is InChI=1S/C41H44ClIN8O3/c1-2-37(52)51-23-22-50(25-31(51)15-17-44)39-33-16-21-49(36-14-5-9-28-8-4-13-34(42)38(28)36)26-35(33)46-41(47-39)54-27-32-12-6-19-48(32)20-7-18-45-40(53)29-10-3-11-30(43)24-29/h2-5,8-11,13-14,24,31-32H,1,6-7,12,15-16,18-23,25-27H2,(H,45,53)/t31-,32-/m0/s1. The summed E-state index contributed by atoms with van der Waals surface area (Å²) in [5, 5.41) is 15.5. The number of rotatable bonds is 12. The van der Waals surface area contributed by atoms with Crippen LogP contribution in [-0.4, -0.2) is 96.1 Å². The Balaban J connectivity index is 1.09. The van der Waals surface area contributed by atoms with Crippen molar-refractivity contribution in [2.24, 2.45) is 0 Å². The average molecular weight is 859 g/mol. The molecule has 7 rings (SSSR count). The first-order valence-corrected chi connectivity index (χ1v) is 20.1. The van der Waals surface area contributed by atoms with Crippen molar-refractivity contribution in [1.29, 1.82) is 5.26 Å². The topological polar surface area (TPSA) is 118 Å². The van der Waals surface area contributed by atoms with Crippen LogP contribution in [0.15, 0.2) is 73.3 Å². The normalized spacial score (nSPS) is 18.6. The van der Waals surface area contributed by atoms with E-state index in [1.165, 1.54) is 6.08 Å². The highest BCUT2D eigenvalue weighted by atomic mass is 127. The van der Waals surface area contributed by atoms with E-state index in [1.54, 1.807) is 4.90 Å². The van der Waals surface area contributed by atoms with Crippen LogP contribution in [0.1, 0.15) is 47.3 Å². The maximum Gasteiger partial charge on any atom is 0.318 e. The van der Waals surface area contributed by atoms with Crippen molar-refractivity contribution in [3.8, 4) is 12.1 Å². The van der Waals surface area contributed by atoms with Crippen LogP contribution >= 0.6 is 34.2 Å². The van der Waals surface area contributed by atoms with Gasteiger partial charge in [0.25, 0.3) is 5.91 Å². The zero-order valence-electron chi connectivity index (χ0n) is 30.2. The molecule has 0 aliphatic carbocycles. The Hall–Kier alpha value is -4.45. The number of anilines is 2. The molecule has 2 atom stereocenters. The number of nitrogens with zero attached hydrogens (tertiary/aromatic N) is 7. The predicted octanol–water partition coefficient (Wildman–Crippen LogP) is 6.23. The fourth-order valence-electron chi connectivity index (χ4n) is 7.96. The second kappa shape index (κ2) is 17.3. The molecule has 0 saturated carbocycles. The Labute approximate surface area is 335 Å². The number of aromatic nitrogens is 2. The summed E-state index contributed by atoms with van der Waals surface area (Å²) in [6, 6.07) is 22.4. The molecule has 3 aliphatic heterocycles. The third kappa shape index (κ3) is 8.43. The summed E-state index contributed by atoms with van der Waals surface area (Å²) in [6.07, 6.45) is 5.18. The Bertz CT molecular complexity index is 2070. The molecule has 13 heteroatoms. The van der Waals surface area contributed by atoms with Gasteiger partial charge in [0.15, 0.2) is 0 Å². The summed E-state index contributed by atoms with van der Waals surface area (Å²) < 4.78 is 7.52. The molecule has 0 unspecified atom stereocenters. The lowest BCUT2D eigenvalue weighted by atomic mass is 10.0. The number of piperazine rings is 1. The Morgan fingerprint density at radius 2 is 1.89 bits per heavy atom. The second-order valence-corrected chi connectivity index (χ2v) is 15.7. The maximum absolute atomic E-state index is 12.7. The monoisotopic (exact) mass is 858 g/mol. The summed E-state index contributed by atoms with van der Waals surface area (Å²) in [5.41, 5.74) is 3.71. The van der Waals surface area contributed by atoms with Crippen molar-refractivity contribution >= 4 is 68.3 Å². The minimum atomic E-state index is -0.282. The van der Waals surface area contributed by atoms with E-state index < -0.39 is 0 Å². The first kappa shape index (κ1) is 37.8. The van der Waals surface area contributed by atoms with Gasteiger partial charge in [-0.05, 0) is 96.6 Å². The summed E-state index contributed by atoms with van der Waals surface area (Å²) in [4.78, 5) is 44.1. The molecule has 0 spiro atoms. The van der Waals surface area contributed by atoms with Crippen molar-refractivity contribution < 1.29 is 14.3 Å². The molecular formula is C41H44ClIN8O3. The Morgan fingerprint density at radius 1 is 1.06 bits per heavy atom. The summed E-state index contributed by atoms with van der Waals surface area (Å²) in [5.74, 6) is 0.596. The van der Waals surface area contributed by atoms with Crippen LogP contribution in [0.5, 0.6) is 6.01 Å². The number of nitrogens with one attached hydrogen (secondary N) is 1. The number of carbonyl (C=O) groups excluding carboxylic acids is 2. The number of likely N-dealkylation sites (tertiary alicyclic amines) is 1. The Kier molecular flexibility index (Phi) is 12.2. The van der Waals surface area contributed by atoms with Crippen molar-refractivity contribution in [2.75, 3.05) is 62.2 Å². The molecule has 4 aromatic rings. The van der Waals surface area contributed by atoms with Gasteiger partial charge < -0.3 is 24.8 Å². The van der Waals surface area contributed by atoms with E-state index in [-0.39, 0.29) is 30.3 Å². The second-order valence-electron chi connectivity index (χ2n) is 14.0. The number of carbonyl (C=O) groups is 2. The number of fused-ring (bicyclic) bond motifs is 2. The van der Waals surface area contributed by atoms with Crippen LogP contribution in [-0.2, 0) is 17.8 Å². The van der Waals surface area contributed by atoms with Gasteiger partial charge in [0.05, 0.1) is 35.8 Å². The highest BCUT2D eigenvalue weighted by molar-refractivity contribution is 14.1. The lowest BCUT2D eigenvalue weighted by Crippen LogP contribution is -2.55. The summed E-state index contributed by atoms with van der Waals surface area (Å²) >= 11 is 8.98. The summed E-state index contributed by atoms with van der Waals surface area (Å²) in [6.45, 7) is 9.40. The van der Waals surface area contributed by atoms with Crippen LogP contribution in [0.25, 0.3) is 10.8 Å². The van der Waals surface area contributed by atoms with Crippen molar-refractivity contribution in [1.82, 2.24) is 25.1 Å². The number of hydrogen-bond donors (Lipinski definition) is 1. The first-order valence-electron chi connectivity index (χ1n) is 18.6. The number of hydrogen-bond acceptors (Lipinski definition) is 9. The first-order chi connectivity index (χ1) is 26.3. The van der Waals surface area contributed by atoms with Crippen LogP contribution in [0.4, 0.5) is 11.5 Å². The number of nitriles is 1. The fourth-order valence-corrected chi connectivity index (χ4v) is 8.78. The van der Waals surface area contributed by atoms with E-state index in [0.29, 0.717) is 55.9 Å². The van der Waals surface area contributed by atoms with Crippen molar-refractivity contribution in [2.45, 2.75) is 50.7 Å². The Morgan fingerprint density at radius 3 is 2.70 bits per heavy atom. The highest BCUT2D eigenvalue weighted by Gasteiger charge is 2.34. The molecule has 2 amide bonds.